The van der Waals surface area contributed by atoms with Gasteiger partial charge >= 0.3 is 0 Å². The van der Waals surface area contributed by atoms with Gasteiger partial charge in [-0.3, -0.25) is 0 Å². The zero-order chi connectivity index (χ0) is 12.7. The first-order valence-corrected chi connectivity index (χ1v) is 6.19. The van der Waals surface area contributed by atoms with Crippen LogP contribution in [0.1, 0.15) is 35.1 Å². The fourth-order valence-corrected chi connectivity index (χ4v) is 2.23. The van der Waals surface area contributed by atoms with Gasteiger partial charge in [0.1, 0.15) is 11.9 Å². The van der Waals surface area contributed by atoms with Gasteiger partial charge in [0.15, 0.2) is 0 Å². The lowest BCUT2D eigenvalue weighted by Gasteiger charge is -2.24. The molecule has 0 amide bonds. The Morgan fingerprint density at radius 2 is 2.17 bits per heavy atom. The average molecular weight is 262 g/mol. The molecule has 0 fully saturated rings. The van der Waals surface area contributed by atoms with E-state index in [-0.39, 0.29) is 5.38 Å². The first-order chi connectivity index (χ1) is 8.66. The Morgan fingerprint density at radius 3 is 2.94 bits per heavy atom. The van der Waals surface area contributed by atoms with Gasteiger partial charge in [0.05, 0.1) is 5.38 Å². The molecule has 0 aliphatic carbocycles. The monoisotopic (exact) mass is 261 g/mol. The van der Waals surface area contributed by atoms with Gasteiger partial charge in [0.25, 0.3) is 0 Å². The number of hydrogen-bond acceptors (Lipinski definition) is 3. The summed E-state index contributed by atoms with van der Waals surface area (Å²) in [6.07, 6.45) is 0.930. The molecule has 1 N–H and O–H groups in total. The number of aliphatic hydroxyl groups excluding tert-OH is 1. The molecule has 0 bridgehead atoms. The molecule has 0 radical (unpaired) electrons. The predicted molar refractivity (Wildman–Crippen MR) is 69.1 cm³/mol. The van der Waals surface area contributed by atoms with E-state index in [9.17, 15) is 5.11 Å². The van der Waals surface area contributed by atoms with Crippen LogP contribution in [-0.4, -0.2) is 10.1 Å². The number of aliphatic hydroxyl groups is 1. The highest BCUT2D eigenvalue weighted by molar-refractivity contribution is 6.20. The van der Waals surface area contributed by atoms with Crippen molar-refractivity contribution >= 4 is 11.6 Å². The molecule has 2 aromatic rings. The maximum atomic E-state index is 10.4. The molecule has 2 atom stereocenters. The molecule has 4 heteroatoms. The van der Waals surface area contributed by atoms with E-state index in [1.807, 2.05) is 31.2 Å². The second kappa shape index (κ2) is 4.26. The third-order valence-corrected chi connectivity index (χ3v) is 3.34. The number of ether oxygens (including phenoxy) is 1. The van der Waals surface area contributed by atoms with Crippen LogP contribution in [0.5, 0.6) is 11.6 Å². The van der Waals surface area contributed by atoms with Crippen LogP contribution >= 0.6 is 11.6 Å². The van der Waals surface area contributed by atoms with Gasteiger partial charge in [0, 0.05) is 17.3 Å². The summed E-state index contributed by atoms with van der Waals surface area (Å²) in [4.78, 5) is 4.12. The summed E-state index contributed by atoms with van der Waals surface area (Å²) in [5.74, 6) is 1.10. The van der Waals surface area contributed by atoms with Crippen LogP contribution in [0.2, 0.25) is 0 Å². The molecule has 92 valence electrons. The third kappa shape index (κ3) is 1.76. The number of fused-ring (bicyclic) bond motifs is 2. The number of hydrogen-bond donors (Lipinski definition) is 1. The molecule has 0 spiro atoms. The summed E-state index contributed by atoms with van der Waals surface area (Å²) < 4.78 is 5.67. The predicted octanol–water partition coefficient (Wildman–Crippen LogP) is 3.57. The lowest BCUT2D eigenvalue weighted by Crippen LogP contribution is -2.11. The van der Waals surface area contributed by atoms with Gasteiger partial charge in [0.2, 0.25) is 5.88 Å². The van der Waals surface area contributed by atoms with Gasteiger partial charge in [-0.2, -0.15) is 0 Å². The van der Waals surface area contributed by atoms with Crippen LogP contribution in [-0.2, 0) is 0 Å². The Kier molecular flexibility index (Phi) is 2.73. The molecule has 2 unspecified atom stereocenters. The summed E-state index contributed by atoms with van der Waals surface area (Å²) in [6.45, 7) is 1.90. The lowest BCUT2D eigenvalue weighted by atomic mass is 9.96. The number of aromatic nitrogens is 1. The Hall–Kier alpha value is -1.58. The second-order valence-corrected chi connectivity index (χ2v) is 4.97. The molecule has 1 aliphatic heterocycles. The Morgan fingerprint density at radius 1 is 1.33 bits per heavy atom. The highest BCUT2D eigenvalue weighted by Gasteiger charge is 2.26. The normalized spacial score (nSPS) is 18.5. The topological polar surface area (TPSA) is 42.4 Å². The standard InChI is InChI=1S/C14H12ClNO2/c1-8(15)9-4-5-12-11(7-9)13(17)10-3-2-6-16-14(10)18-12/h2-8,13,17H,1H3. The molecule has 1 aromatic carbocycles. The van der Waals surface area contributed by atoms with Crippen LogP contribution in [0.4, 0.5) is 0 Å². The summed E-state index contributed by atoms with van der Waals surface area (Å²) in [5.41, 5.74) is 2.38. The largest absolute Gasteiger partial charge is 0.438 e. The summed E-state index contributed by atoms with van der Waals surface area (Å²) in [6, 6.07) is 9.20. The van der Waals surface area contributed by atoms with Crippen molar-refractivity contribution in [2.75, 3.05) is 0 Å². The van der Waals surface area contributed by atoms with Gasteiger partial charge in [-0.15, -0.1) is 11.6 Å². The van der Waals surface area contributed by atoms with Gasteiger partial charge in [-0.25, -0.2) is 4.98 Å². The SMILES string of the molecule is CC(Cl)c1ccc2c(c1)C(O)c1cccnc1O2. The van der Waals surface area contributed by atoms with Gasteiger partial charge in [-0.05, 0) is 36.8 Å². The van der Waals surface area contributed by atoms with E-state index in [2.05, 4.69) is 4.98 Å². The zero-order valence-corrected chi connectivity index (χ0v) is 10.6. The van der Waals surface area contributed by atoms with Crippen molar-refractivity contribution in [1.82, 2.24) is 4.98 Å². The van der Waals surface area contributed by atoms with Crippen molar-refractivity contribution in [2.45, 2.75) is 18.4 Å². The van der Waals surface area contributed by atoms with E-state index in [0.29, 0.717) is 17.2 Å². The van der Waals surface area contributed by atoms with Crippen molar-refractivity contribution in [3.8, 4) is 11.6 Å². The van der Waals surface area contributed by atoms with Gasteiger partial charge < -0.3 is 9.84 Å². The first kappa shape index (κ1) is 11.5. The molecule has 3 nitrogen and oxygen atoms in total. The van der Waals surface area contributed by atoms with E-state index in [1.165, 1.54) is 0 Å². The Balaban J connectivity index is 2.11. The van der Waals surface area contributed by atoms with Crippen molar-refractivity contribution in [2.24, 2.45) is 0 Å². The highest BCUT2D eigenvalue weighted by Crippen LogP contribution is 2.42. The minimum absolute atomic E-state index is 0.0993. The molecular weight excluding hydrogens is 250 g/mol. The van der Waals surface area contributed by atoms with Gasteiger partial charge in [-0.1, -0.05) is 6.07 Å². The average Bonchev–Trinajstić information content (AvgIpc) is 2.38. The van der Waals surface area contributed by atoms with E-state index in [0.717, 1.165) is 11.1 Å². The van der Waals surface area contributed by atoms with E-state index in [4.69, 9.17) is 16.3 Å². The van der Waals surface area contributed by atoms with E-state index >= 15 is 0 Å². The quantitative estimate of drug-likeness (QED) is 0.798. The maximum Gasteiger partial charge on any atom is 0.225 e. The number of rotatable bonds is 1. The molecule has 0 saturated carbocycles. The Bertz CT molecular complexity index is 598. The van der Waals surface area contributed by atoms with Crippen LogP contribution in [0, 0.1) is 0 Å². The first-order valence-electron chi connectivity index (χ1n) is 5.75. The molecule has 1 aromatic heterocycles. The lowest BCUT2D eigenvalue weighted by molar-refractivity contribution is 0.201. The molecule has 18 heavy (non-hydrogen) atoms. The summed E-state index contributed by atoms with van der Waals surface area (Å²) in [7, 11) is 0. The third-order valence-electron chi connectivity index (χ3n) is 3.09. The number of nitrogens with zero attached hydrogens (tertiary/aromatic N) is 1. The van der Waals surface area contributed by atoms with Crippen LogP contribution in [0.3, 0.4) is 0 Å². The van der Waals surface area contributed by atoms with Crippen molar-refractivity contribution in [1.29, 1.82) is 0 Å². The number of benzene rings is 1. The maximum absolute atomic E-state index is 10.4. The molecular formula is C14H12ClNO2. The second-order valence-electron chi connectivity index (χ2n) is 4.32. The minimum atomic E-state index is -0.715. The molecule has 3 rings (SSSR count). The number of alkyl halides is 1. The summed E-state index contributed by atoms with van der Waals surface area (Å²) in [5, 5.41) is 10.3. The van der Waals surface area contributed by atoms with Crippen LogP contribution in [0.25, 0.3) is 0 Å². The molecule has 1 aliphatic rings. The smallest absolute Gasteiger partial charge is 0.225 e. The Labute approximate surface area is 110 Å². The zero-order valence-electron chi connectivity index (χ0n) is 9.80. The number of halogens is 1. The van der Waals surface area contributed by atoms with Crippen LogP contribution in [0.15, 0.2) is 36.5 Å². The fourth-order valence-electron chi connectivity index (χ4n) is 2.09. The van der Waals surface area contributed by atoms with Crippen molar-refractivity contribution in [3.63, 3.8) is 0 Å². The number of pyridine rings is 1. The fraction of sp³-hybridized carbons (Fsp3) is 0.214. The highest BCUT2D eigenvalue weighted by atomic mass is 35.5. The van der Waals surface area contributed by atoms with Crippen LogP contribution < -0.4 is 4.74 Å². The van der Waals surface area contributed by atoms with E-state index < -0.39 is 6.10 Å². The summed E-state index contributed by atoms with van der Waals surface area (Å²) >= 11 is 6.06. The molecule has 0 saturated heterocycles. The van der Waals surface area contributed by atoms with Crippen molar-refractivity contribution in [3.05, 3.63) is 53.2 Å². The van der Waals surface area contributed by atoms with Crippen molar-refractivity contribution < 1.29 is 9.84 Å². The minimum Gasteiger partial charge on any atom is -0.438 e. The van der Waals surface area contributed by atoms with E-state index in [1.54, 1.807) is 12.3 Å². The molecule has 2 heterocycles.